The zero-order valence-electron chi connectivity index (χ0n) is 20.8. The summed E-state index contributed by atoms with van der Waals surface area (Å²) in [6.07, 6.45) is 4.73. The maximum atomic E-state index is 12.3. The first-order valence-electron chi connectivity index (χ1n) is 11.1. The van der Waals surface area contributed by atoms with E-state index in [-0.39, 0.29) is 12.2 Å². The van der Waals surface area contributed by atoms with E-state index in [1.807, 2.05) is 30.4 Å². The molecule has 0 saturated heterocycles. The highest BCUT2D eigenvalue weighted by Crippen LogP contribution is 2.34. The molecule has 0 heterocycles. The molecule has 0 unspecified atom stereocenters. The molecule has 0 saturated carbocycles. The lowest BCUT2D eigenvalue weighted by molar-refractivity contribution is -0.142. The van der Waals surface area contributed by atoms with Crippen LogP contribution >= 0.6 is 0 Å². The third-order valence-electron chi connectivity index (χ3n) is 5.56. The van der Waals surface area contributed by atoms with Gasteiger partial charge in [-0.3, -0.25) is 0 Å². The van der Waals surface area contributed by atoms with Crippen molar-refractivity contribution >= 4 is 12.0 Å². The van der Waals surface area contributed by atoms with Crippen LogP contribution in [0, 0.1) is 5.92 Å². The first kappa shape index (κ1) is 27.8. The monoisotopic (exact) mass is 486 g/mol. The summed E-state index contributed by atoms with van der Waals surface area (Å²) in [7, 11) is 6.20. The van der Waals surface area contributed by atoms with Gasteiger partial charge in [-0.15, -0.1) is 0 Å². The number of aliphatic hydroxyl groups excluding tert-OH is 2. The Morgan fingerprint density at radius 2 is 1.51 bits per heavy atom. The summed E-state index contributed by atoms with van der Waals surface area (Å²) in [4.78, 5) is 12.3. The SMILES string of the molecule is CC=C(CO)C(=O)OC[C@@H](CC=Cc1ccc(OC)c(OC)c1)[C@H](O)c1ccc(OC)c(OC)c1. The van der Waals surface area contributed by atoms with Crippen molar-refractivity contribution in [2.45, 2.75) is 19.4 Å². The standard InChI is InChI=1S/C27H34O8/c1-6-19(16-28)27(30)35-17-21(26(29)20-11-13-23(32-3)25(15-20)34-5)9-7-8-18-10-12-22(31-2)24(14-18)33-4/h6-8,10-15,21,26,28-29H,9,16-17H2,1-5H3/t21-,26-/m1/s1. The smallest absolute Gasteiger partial charge is 0.336 e. The lowest BCUT2D eigenvalue weighted by Gasteiger charge is -2.23. The zero-order chi connectivity index (χ0) is 25.8. The Balaban J connectivity index is 2.26. The van der Waals surface area contributed by atoms with Crippen LogP contribution in [0.25, 0.3) is 6.08 Å². The Kier molecular flexibility index (Phi) is 11.1. The Labute approximate surface area is 206 Å². The average Bonchev–Trinajstić information content (AvgIpc) is 2.90. The highest BCUT2D eigenvalue weighted by molar-refractivity contribution is 5.88. The van der Waals surface area contributed by atoms with Gasteiger partial charge in [0.2, 0.25) is 0 Å². The number of methoxy groups -OCH3 is 4. The number of hydrogen-bond acceptors (Lipinski definition) is 8. The van der Waals surface area contributed by atoms with Gasteiger partial charge in [-0.05, 0) is 48.7 Å². The van der Waals surface area contributed by atoms with Gasteiger partial charge in [0, 0.05) is 5.92 Å². The number of rotatable bonds is 13. The minimum absolute atomic E-state index is 0.0536. The molecule has 0 aliphatic heterocycles. The third kappa shape index (κ3) is 7.50. The maximum Gasteiger partial charge on any atom is 0.336 e. The van der Waals surface area contributed by atoms with Gasteiger partial charge < -0.3 is 33.9 Å². The van der Waals surface area contributed by atoms with Gasteiger partial charge in [-0.2, -0.15) is 0 Å². The third-order valence-corrected chi connectivity index (χ3v) is 5.56. The molecule has 0 bridgehead atoms. The lowest BCUT2D eigenvalue weighted by Crippen LogP contribution is -2.22. The first-order valence-corrected chi connectivity index (χ1v) is 11.1. The van der Waals surface area contributed by atoms with Crippen LogP contribution < -0.4 is 18.9 Å². The van der Waals surface area contributed by atoms with Crippen molar-refractivity contribution in [1.82, 2.24) is 0 Å². The summed E-state index contributed by atoms with van der Waals surface area (Å²) in [6, 6.07) is 10.7. The second-order valence-corrected chi connectivity index (χ2v) is 7.64. The van der Waals surface area contributed by atoms with Crippen molar-refractivity contribution in [1.29, 1.82) is 0 Å². The zero-order valence-corrected chi connectivity index (χ0v) is 20.8. The molecule has 35 heavy (non-hydrogen) atoms. The molecule has 0 spiro atoms. The van der Waals surface area contributed by atoms with Crippen molar-refractivity contribution in [2.24, 2.45) is 5.92 Å². The summed E-state index contributed by atoms with van der Waals surface area (Å²) in [5.74, 6) is 1.17. The van der Waals surface area contributed by atoms with Crippen LogP contribution in [-0.2, 0) is 9.53 Å². The van der Waals surface area contributed by atoms with E-state index in [0.29, 0.717) is 35.0 Å². The number of carbonyl (C=O) groups excluding carboxylic acids is 1. The van der Waals surface area contributed by atoms with Gasteiger partial charge >= 0.3 is 5.97 Å². The number of ether oxygens (including phenoxy) is 5. The van der Waals surface area contributed by atoms with Gasteiger partial charge in [-0.1, -0.05) is 30.4 Å². The molecule has 0 aliphatic rings. The van der Waals surface area contributed by atoms with E-state index in [0.717, 1.165) is 5.56 Å². The molecule has 8 heteroatoms. The number of allylic oxidation sites excluding steroid dienone is 2. The molecular weight excluding hydrogens is 452 g/mol. The second kappa shape index (κ2) is 14.0. The number of benzene rings is 2. The molecule has 2 atom stereocenters. The largest absolute Gasteiger partial charge is 0.493 e. The minimum atomic E-state index is -0.958. The first-order chi connectivity index (χ1) is 16.9. The van der Waals surface area contributed by atoms with Gasteiger partial charge in [-0.25, -0.2) is 4.79 Å². The number of hydrogen-bond donors (Lipinski definition) is 2. The molecule has 2 rings (SSSR count). The summed E-state index contributed by atoms with van der Waals surface area (Å²) in [5, 5.41) is 20.5. The minimum Gasteiger partial charge on any atom is -0.493 e. The predicted octanol–water partition coefficient (Wildman–Crippen LogP) is 3.96. The molecule has 2 aromatic rings. The highest BCUT2D eigenvalue weighted by atomic mass is 16.5. The normalized spacial score (nSPS) is 13.3. The molecule has 0 fully saturated rings. The van der Waals surface area contributed by atoms with Crippen molar-refractivity contribution < 1.29 is 38.7 Å². The molecule has 0 amide bonds. The van der Waals surface area contributed by atoms with Crippen molar-refractivity contribution in [3.63, 3.8) is 0 Å². The second-order valence-electron chi connectivity index (χ2n) is 7.64. The molecule has 0 aliphatic carbocycles. The van der Waals surface area contributed by atoms with Crippen molar-refractivity contribution in [3.8, 4) is 23.0 Å². The molecule has 0 radical (unpaired) electrons. The van der Waals surface area contributed by atoms with Gasteiger partial charge in [0.15, 0.2) is 23.0 Å². The van der Waals surface area contributed by atoms with Crippen LogP contribution in [0.1, 0.15) is 30.6 Å². The number of aliphatic hydroxyl groups is 2. The summed E-state index contributed by atoms with van der Waals surface area (Å²) < 4.78 is 26.7. The fourth-order valence-corrected chi connectivity index (χ4v) is 3.48. The van der Waals surface area contributed by atoms with Crippen molar-refractivity contribution in [2.75, 3.05) is 41.7 Å². The quantitative estimate of drug-likeness (QED) is 0.324. The number of carbonyl (C=O) groups is 1. The van der Waals surface area contributed by atoms with Crippen LogP contribution in [0.4, 0.5) is 0 Å². The molecule has 8 nitrogen and oxygen atoms in total. The van der Waals surface area contributed by atoms with E-state index >= 15 is 0 Å². The van der Waals surface area contributed by atoms with Crippen LogP contribution in [0.15, 0.2) is 54.1 Å². The van der Waals surface area contributed by atoms with E-state index in [1.165, 1.54) is 20.3 Å². The lowest BCUT2D eigenvalue weighted by atomic mass is 9.92. The van der Waals surface area contributed by atoms with E-state index in [2.05, 4.69) is 0 Å². The Bertz CT molecular complexity index is 1030. The van der Waals surface area contributed by atoms with Crippen LogP contribution in [-0.4, -0.2) is 57.8 Å². The van der Waals surface area contributed by atoms with Crippen LogP contribution in [0.5, 0.6) is 23.0 Å². The Hall–Kier alpha value is -3.49. The topological polar surface area (TPSA) is 104 Å². The molecule has 2 aromatic carbocycles. The van der Waals surface area contributed by atoms with Crippen LogP contribution in [0.3, 0.4) is 0 Å². The predicted molar refractivity (Wildman–Crippen MR) is 133 cm³/mol. The van der Waals surface area contributed by atoms with Crippen molar-refractivity contribution in [3.05, 3.63) is 65.3 Å². The van der Waals surface area contributed by atoms with E-state index in [1.54, 1.807) is 39.3 Å². The summed E-state index contributed by atoms with van der Waals surface area (Å²) >= 11 is 0. The van der Waals surface area contributed by atoms with E-state index in [9.17, 15) is 15.0 Å². The summed E-state index contributed by atoms with van der Waals surface area (Å²) in [5.41, 5.74) is 1.64. The van der Waals surface area contributed by atoms with Gasteiger partial charge in [0.05, 0.1) is 53.3 Å². The Morgan fingerprint density at radius 1 is 0.914 bits per heavy atom. The molecule has 2 N–H and O–H groups in total. The molecule has 0 aromatic heterocycles. The van der Waals surface area contributed by atoms with E-state index in [4.69, 9.17) is 23.7 Å². The average molecular weight is 487 g/mol. The molecular formula is C27H34O8. The summed E-state index contributed by atoms with van der Waals surface area (Å²) in [6.45, 7) is 1.17. The maximum absolute atomic E-state index is 12.3. The Morgan fingerprint density at radius 3 is 2.09 bits per heavy atom. The number of esters is 1. The van der Waals surface area contributed by atoms with Crippen LogP contribution in [0.2, 0.25) is 0 Å². The molecule has 190 valence electrons. The van der Waals surface area contributed by atoms with Gasteiger partial charge in [0.1, 0.15) is 0 Å². The fourth-order valence-electron chi connectivity index (χ4n) is 3.48. The van der Waals surface area contributed by atoms with Gasteiger partial charge in [0.25, 0.3) is 0 Å². The highest BCUT2D eigenvalue weighted by Gasteiger charge is 2.24. The fraction of sp³-hybridized carbons (Fsp3) is 0.370. The van der Waals surface area contributed by atoms with E-state index < -0.39 is 24.6 Å².